The Hall–Kier alpha value is -2.18. The van der Waals surface area contributed by atoms with Crippen LogP contribution in [0.1, 0.15) is 39.7 Å². The molecule has 130 valence electrons. The number of carbonyl (C=O) groups is 2. The summed E-state index contributed by atoms with van der Waals surface area (Å²) in [5.41, 5.74) is 1.41. The van der Waals surface area contributed by atoms with Gasteiger partial charge in [0.2, 0.25) is 5.91 Å². The van der Waals surface area contributed by atoms with Crippen LogP contribution in [0.2, 0.25) is 0 Å². The predicted octanol–water partition coefficient (Wildman–Crippen LogP) is 2.74. The summed E-state index contributed by atoms with van der Waals surface area (Å²) in [6.07, 6.45) is 2.09. The van der Waals surface area contributed by atoms with Crippen LogP contribution in [-0.2, 0) is 16.1 Å². The molecule has 1 N–H and O–H groups in total. The zero-order valence-electron chi connectivity index (χ0n) is 13.8. The van der Waals surface area contributed by atoms with E-state index in [0.717, 1.165) is 29.9 Å². The van der Waals surface area contributed by atoms with E-state index in [2.05, 4.69) is 5.32 Å². The zero-order valence-corrected chi connectivity index (χ0v) is 14.6. The Labute approximate surface area is 150 Å². The Morgan fingerprint density at radius 2 is 2.16 bits per heavy atom. The van der Waals surface area contributed by atoms with Crippen molar-refractivity contribution in [2.45, 2.75) is 31.5 Å². The van der Waals surface area contributed by atoms with Crippen molar-refractivity contribution < 1.29 is 14.3 Å². The Kier molecular flexibility index (Phi) is 4.55. The number of nitrogens with zero attached hydrogens (tertiary/aromatic N) is 1. The van der Waals surface area contributed by atoms with Crippen LogP contribution in [0.3, 0.4) is 0 Å². The molecule has 2 aromatic rings. The van der Waals surface area contributed by atoms with E-state index in [1.807, 2.05) is 35.7 Å². The quantitative estimate of drug-likeness (QED) is 0.896. The maximum absolute atomic E-state index is 12.9. The third-order valence-corrected chi connectivity index (χ3v) is 5.60. The Morgan fingerprint density at radius 3 is 2.92 bits per heavy atom. The molecule has 0 bridgehead atoms. The SMILES string of the molecule is O=C(NC[C@@H]1CCCO1)[C@H]1c2ccccc2C(=O)N1Cc1cccs1. The van der Waals surface area contributed by atoms with Crippen LogP contribution in [-0.4, -0.2) is 36.0 Å². The van der Waals surface area contributed by atoms with Gasteiger partial charge in [0, 0.05) is 23.6 Å². The second-order valence-electron chi connectivity index (χ2n) is 6.38. The van der Waals surface area contributed by atoms with Crippen LogP contribution in [0.5, 0.6) is 0 Å². The lowest BCUT2D eigenvalue weighted by Crippen LogP contribution is -2.41. The van der Waals surface area contributed by atoms with E-state index >= 15 is 0 Å². The first kappa shape index (κ1) is 16.3. The summed E-state index contributed by atoms with van der Waals surface area (Å²) >= 11 is 1.59. The number of carbonyl (C=O) groups excluding carboxylic acids is 2. The molecular weight excluding hydrogens is 336 g/mol. The number of fused-ring (bicyclic) bond motifs is 1. The molecule has 0 unspecified atom stereocenters. The molecule has 3 heterocycles. The third-order valence-electron chi connectivity index (χ3n) is 4.74. The molecule has 2 aliphatic rings. The molecule has 0 spiro atoms. The van der Waals surface area contributed by atoms with Gasteiger partial charge < -0.3 is 15.0 Å². The summed E-state index contributed by atoms with van der Waals surface area (Å²) in [5, 5.41) is 4.96. The van der Waals surface area contributed by atoms with Gasteiger partial charge in [-0.15, -0.1) is 11.3 Å². The number of amides is 2. The Morgan fingerprint density at radius 1 is 1.28 bits per heavy atom. The summed E-state index contributed by atoms with van der Waals surface area (Å²) < 4.78 is 5.58. The number of nitrogens with one attached hydrogen (secondary N) is 1. The largest absolute Gasteiger partial charge is 0.376 e. The summed E-state index contributed by atoms with van der Waals surface area (Å²) in [6, 6.07) is 10.8. The standard InChI is InChI=1S/C19H20N2O3S/c22-18(20-11-13-5-3-9-24-13)17-15-7-1-2-8-16(15)19(23)21(17)12-14-6-4-10-25-14/h1-2,4,6-8,10,13,17H,3,5,9,11-12H2,(H,20,22)/t13-,17+/m0/s1. The normalized spacial score (nSPS) is 22.2. The number of benzene rings is 1. The predicted molar refractivity (Wildman–Crippen MR) is 95.4 cm³/mol. The van der Waals surface area contributed by atoms with Gasteiger partial charge in [-0.05, 0) is 35.9 Å². The maximum Gasteiger partial charge on any atom is 0.255 e. The molecule has 1 fully saturated rings. The van der Waals surface area contributed by atoms with E-state index in [-0.39, 0.29) is 17.9 Å². The molecule has 2 atom stereocenters. The van der Waals surface area contributed by atoms with Crippen molar-refractivity contribution >= 4 is 23.2 Å². The summed E-state index contributed by atoms with van der Waals surface area (Å²) in [6.45, 7) is 1.71. The smallest absolute Gasteiger partial charge is 0.255 e. The molecule has 1 saturated heterocycles. The molecule has 0 radical (unpaired) electrons. The second-order valence-corrected chi connectivity index (χ2v) is 7.41. The van der Waals surface area contributed by atoms with E-state index in [1.165, 1.54) is 0 Å². The van der Waals surface area contributed by atoms with E-state index < -0.39 is 6.04 Å². The molecule has 1 aromatic carbocycles. The fourth-order valence-corrected chi connectivity index (χ4v) is 4.21. The number of hydrogen-bond acceptors (Lipinski definition) is 4. The maximum atomic E-state index is 12.9. The van der Waals surface area contributed by atoms with Gasteiger partial charge in [-0.25, -0.2) is 0 Å². The molecule has 1 aromatic heterocycles. The molecule has 5 nitrogen and oxygen atoms in total. The Balaban J connectivity index is 1.56. The van der Waals surface area contributed by atoms with Crippen LogP contribution in [0.15, 0.2) is 41.8 Å². The highest BCUT2D eigenvalue weighted by atomic mass is 32.1. The molecular formula is C19H20N2O3S. The monoisotopic (exact) mass is 356 g/mol. The minimum atomic E-state index is -0.577. The highest BCUT2D eigenvalue weighted by Crippen LogP contribution is 2.35. The van der Waals surface area contributed by atoms with E-state index in [9.17, 15) is 9.59 Å². The molecule has 4 rings (SSSR count). The zero-order chi connectivity index (χ0) is 17.2. The fraction of sp³-hybridized carbons (Fsp3) is 0.368. The molecule has 25 heavy (non-hydrogen) atoms. The summed E-state index contributed by atoms with van der Waals surface area (Å²) in [4.78, 5) is 28.5. The van der Waals surface area contributed by atoms with Gasteiger partial charge in [0.1, 0.15) is 6.04 Å². The van der Waals surface area contributed by atoms with Crippen LogP contribution in [0, 0.1) is 0 Å². The summed E-state index contributed by atoms with van der Waals surface area (Å²) in [7, 11) is 0. The van der Waals surface area contributed by atoms with Crippen molar-refractivity contribution in [2.24, 2.45) is 0 Å². The lowest BCUT2D eigenvalue weighted by atomic mass is 10.0. The van der Waals surface area contributed by atoms with Crippen molar-refractivity contribution in [1.82, 2.24) is 10.2 Å². The van der Waals surface area contributed by atoms with Crippen LogP contribution in [0.4, 0.5) is 0 Å². The first-order valence-corrected chi connectivity index (χ1v) is 9.43. The van der Waals surface area contributed by atoms with Crippen molar-refractivity contribution in [2.75, 3.05) is 13.2 Å². The van der Waals surface area contributed by atoms with Crippen LogP contribution < -0.4 is 5.32 Å². The highest BCUT2D eigenvalue weighted by Gasteiger charge is 2.41. The first-order valence-electron chi connectivity index (χ1n) is 8.55. The summed E-state index contributed by atoms with van der Waals surface area (Å²) in [5.74, 6) is -0.216. The van der Waals surface area contributed by atoms with Gasteiger partial charge in [-0.2, -0.15) is 0 Å². The lowest BCUT2D eigenvalue weighted by molar-refractivity contribution is -0.126. The number of thiophene rings is 1. The molecule has 6 heteroatoms. The van der Waals surface area contributed by atoms with Gasteiger partial charge in [-0.3, -0.25) is 9.59 Å². The number of ether oxygens (including phenoxy) is 1. The average Bonchev–Trinajstić information content (AvgIpc) is 3.36. The molecule has 0 aliphatic carbocycles. The van der Waals surface area contributed by atoms with E-state index in [4.69, 9.17) is 4.74 Å². The highest BCUT2D eigenvalue weighted by molar-refractivity contribution is 7.09. The van der Waals surface area contributed by atoms with Gasteiger partial charge in [0.25, 0.3) is 5.91 Å². The molecule has 0 saturated carbocycles. The van der Waals surface area contributed by atoms with Crippen molar-refractivity contribution in [1.29, 1.82) is 0 Å². The third kappa shape index (κ3) is 3.19. The van der Waals surface area contributed by atoms with E-state index in [0.29, 0.717) is 18.7 Å². The van der Waals surface area contributed by atoms with Gasteiger partial charge >= 0.3 is 0 Å². The van der Waals surface area contributed by atoms with Crippen LogP contribution in [0.25, 0.3) is 0 Å². The average molecular weight is 356 g/mol. The van der Waals surface area contributed by atoms with Gasteiger partial charge in [0.05, 0.1) is 12.6 Å². The second kappa shape index (κ2) is 6.98. The molecule has 2 amide bonds. The number of hydrogen-bond donors (Lipinski definition) is 1. The van der Waals surface area contributed by atoms with Crippen molar-refractivity contribution in [3.05, 3.63) is 57.8 Å². The minimum absolute atomic E-state index is 0.0822. The fourth-order valence-electron chi connectivity index (χ4n) is 3.50. The van der Waals surface area contributed by atoms with Gasteiger partial charge in [0.15, 0.2) is 0 Å². The topological polar surface area (TPSA) is 58.6 Å². The number of rotatable bonds is 5. The Bertz CT molecular complexity index is 769. The van der Waals surface area contributed by atoms with E-state index in [1.54, 1.807) is 22.3 Å². The first-order chi connectivity index (χ1) is 12.2. The van der Waals surface area contributed by atoms with Crippen molar-refractivity contribution in [3.8, 4) is 0 Å². The van der Waals surface area contributed by atoms with Crippen molar-refractivity contribution in [3.63, 3.8) is 0 Å². The van der Waals surface area contributed by atoms with Gasteiger partial charge in [-0.1, -0.05) is 24.3 Å². The molecule has 2 aliphatic heterocycles. The lowest BCUT2D eigenvalue weighted by Gasteiger charge is -2.24. The van der Waals surface area contributed by atoms with Crippen LogP contribution >= 0.6 is 11.3 Å². The minimum Gasteiger partial charge on any atom is -0.376 e.